The molecule has 2 N–H and O–H groups in total. The molecular formula is C19H19ClFN5O2. The number of benzene rings is 2. The van der Waals surface area contributed by atoms with Crippen LogP contribution in [-0.4, -0.2) is 40.6 Å². The smallest absolute Gasteiger partial charge is 0.277 e. The highest BCUT2D eigenvalue weighted by Gasteiger charge is 2.16. The number of aromatic nitrogens is 3. The van der Waals surface area contributed by atoms with Gasteiger partial charge in [0, 0.05) is 18.8 Å². The third-order valence-electron chi connectivity index (χ3n) is 4.25. The second kappa shape index (κ2) is 8.92. The fourth-order valence-electron chi connectivity index (χ4n) is 2.82. The van der Waals surface area contributed by atoms with Crippen LogP contribution >= 0.6 is 12.4 Å². The molecule has 0 bridgehead atoms. The van der Waals surface area contributed by atoms with E-state index in [0.717, 1.165) is 18.7 Å². The summed E-state index contributed by atoms with van der Waals surface area (Å²) < 4.78 is 18.7. The molecule has 4 rings (SSSR count). The third-order valence-corrected chi connectivity index (χ3v) is 4.25. The Bertz CT molecular complexity index is 924. The monoisotopic (exact) mass is 403 g/mol. The van der Waals surface area contributed by atoms with E-state index in [1.54, 1.807) is 0 Å². The van der Waals surface area contributed by atoms with Crippen LogP contribution in [0.5, 0.6) is 0 Å². The zero-order chi connectivity index (χ0) is 18.6. The second-order valence-corrected chi connectivity index (χ2v) is 6.14. The molecule has 3 aromatic rings. The molecule has 0 saturated carbocycles. The van der Waals surface area contributed by atoms with Gasteiger partial charge < -0.3 is 15.4 Å². The molecule has 146 valence electrons. The van der Waals surface area contributed by atoms with Gasteiger partial charge in [0.25, 0.3) is 5.91 Å². The molecule has 0 radical (unpaired) electrons. The van der Waals surface area contributed by atoms with Gasteiger partial charge in [-0.15, -0.1) is 17.5 Å². The van der Waals surface area contributed by atoms with E-state index in [-0.39, 0.29) is 35.9 Å². The fourth-order valence-corrected chi connectivity index (χ4v) is 2.82. The molecule has 1 fully saturated rings. The highest BCUT2D eigenvalue weighted by Crippen LogP contribution is 2.21. The summed E-state index contributed by atoms with van der Waals surface area (Å²) >= 11 is 0. The van der Waals surface area contributed by atoms with Crippen molar-refractivity contribution in [3.63, 3.8) is 0 Å². The lowest BCUT2D eigenvalue weighted by atomic mass is 10.1. The number of morpholine rings is 1. The quantitative estimate of drug-likeness (QED) is 0.700. The van der Waals surface area contributed by atoms with E-state index in [1.165, 1.54) is 35.3 Å². The van der Waals surface area contributed by atoms with E-state index in [4.69, 9.17) is 4.74 Å². The van der Waals surface area contributed by atoms with E-state index in [1.807, 2.05) is 24.3 Å². The molecule has 7 nitrogen and oxygen atoms in total. The molecule has 1 saturated heterocycles. The van der Waals surface area contributed by atoms with Crippen LogP contribution in [0.15, 0.2) is 54.7 Å². The van der Waals surface area contributed by atoms with Crippen LogP contribution in [0.1, 0.15) is 22.2 Å². The summed E-state index contributed by atoms with van der Waals surface area (Å²) in [5.74, 6) is -0.714. The van der Waals surface area contributed by atoms with Gasteiger partial charge >= 0.3 is 0 Å². The summed E-state index contributed by atoms with van der Waals surface area (Å²) in [6, 6.07) is 13.2. The number of nitrogens with zero attached hydrogens (tertiary/aromatic N) is 3. The first-order valence-corrected chi connectivity index (χ1v) is 8.61. The molecule has 0 spiro atoms. The van der Waals surface area contributed by atoms with E-state index in [2.05, 4.69) is 20.8 Å². The van der Waals surface area contributed by atoms with Crippen molar-refractivity contribution in [1.82, 2.24) is 20.3 Å². The molecule has 1 aliphatic rings. The van der Waals surface area contributed by atoms with Crippen molar-refractivity contribution in [1.29, 1.82) is 0 Å². The fraction of sp³-hybridized carbons (Fsp3) is 0.211. The van der Waals surface area contributed by atoms with Crippen molar-refractivity contribution < 1.29 is 13.9 Å². The van der Waals surface area contributed by atoms with Crippen molar-refractivity contribution in [2.75, 3.05) is 25.0 Å². The van der Waals surface area contributed by atoms with Gasteiger partial charge in [-0.2, -0.15) is 9.90 Å². The van der Waals surface area contributed by atoms with Crippen molar-refractivity contribution in [3.8, 4) is 5.69 Å². The van der Waals surface area contributed by atoms with Crippen molar-refractivity contribution in [2.45, 2.75) is 6.10 Å². The first-order chi connectivity index (χ1) is 13.2. The molecule has 0 aliphatic carbocycles. The Labute approximate surface area is 167 Å². The summed E-state index contributed by atoms with van der Waals surface area (Å²) in [4.78, 5) is 13.7. The first kappa shape index (κ1) is 19.9. The molecule has 1 amide bonds. The van der Waals surface area contributed by atoms with Crippen LogP contribution in [0.4, 0.5) is 10.1 Å². The van der Waals surface area contributed by atoms with Gasteiger partial charge in [-0.25, -0.2) is 4.39 Å². The Kier molecular flexibility index (Phi) is 6.35. The van der Waals surface area contributed by atoms with E-state index < -0.39 is 0 Å². The Morgan fingerprint density at radius 2 is 1.93 bits per heavy atom. The molecule has 0 unspecified atom stereocenters. The maximum atomic E-state index is 13.0. The third kappa shape index (κ3) is 4.53. The molecule has 2 aromatic carbocycles. The molecular weight excluding hydrogens is 385 g/mol. The second-order valence-electron chi connectivity index (χ2n) is 6.14. The minimum absolute atomic E-state index is 0. The van der Waals surface area contributed by atoms with E-state index in [0.29, 0.717) is 18.0 Å². The lowest BCUT2D eigenvalue weighted by Gasteiger charge is -2.24. The van der Waals surface area contributed by atoms with Gasteiger partial charge in [0.2, 0.25) is 0 Å². The van der Waals surface area contributed by atoms with Crippen LogP contribution < -0.4 is 10.6 Å². The van der Waals surface area contributed by atoms with E-state index in [9.17, 15) is 9.18 Å². The summed E-state index contributed by atoms with van der Waals surface area (Å²) in [5.41, 5.74) is 2.45. The Morgan fingerprint density at radius 1 is 1.18 bits per heavy atom. The van der Waals surface area contributed by atoms with Gasteiger partial charge in [-0.3, -0.25) is 4.79 Å². The highest BCUT2D eigenvalue weighted by molar-refractivity contribution is 6.02. The number of anilines is 1. The zero-order valence-corrected chi connectivity index (χ0v) is 15.7. The van der Waals surface area contributed by atoms with E-state index >= 15 is 0 Å². The van der Waals surface area contributed by atoms with Crippen molar-refractivity contribution in [3.05, 3.63) is 71.8 Å². The van der Waals surface area contributed by atoms with Gasteiger partial charge in [0.15, 0.2) is 5.69 Å². The molecule has 1 aliphatic heterocycles. The summed E-state index contributed by atoms with van der Waals surface area (Å²) in [6.07, 6.45) is 1.40. The van der Waals surface area contributed by atoms with Crippen LogP contribution in [0, 0.1) is 5.82 Å². The highest BCUT2D eigenvalue weighted by atomic mass is 35.5. The maximum absolute atomic E-state index is 13.0. The number of ether oxygens (including phenoxy) is 1. The SMILES string of the molecule is Cl.O=C(Nc1ccc([C@H]2CNCCO2)cc1)c1cnn(-c2ccc(F)cc2)n1. The van der Waals surface area contributed by atoms with Crippen LogP contribution in [0.3, 0.4) is 0 Å². The topological polar surface area (TPSA) is 81.1 Å². The molecule has 2 heterocycles. The molecule has 1 aromatic heterocycles. The van der Waals surface area contributed by atoms with Gasteiger partial charge in [-0.05, 0) is 42.0 Å². The summed E-state index contributed by atoms with van der Waals surface area (Å²) in [7, 11) is 0. The molecule has 9 heteroatoms. The Balaban J connectivity index is 0.00000225. The lowest BCUT2D eigenvalue weighted by molar-refractivity contribution is 0.0277. The predicted octanol–water partition coefficient (Wildman–Crippen LogP) is 2.74. The number of hydrogen-bond acceptors (Lipinski definition) is 5. The van der Waals surface area contributed by atoms with Crippen LogP contribution in [-0.2, 0) is 4.74 Å². The van der Waals surface area contributed by atoms with Crippen molar-refractivity contribution in [2.24, 2.45) is 0 Å². The molecule has 28 heavy (non-hydrogen) atoms. The average Bonchev–Trinajstić information content (AvgIpc) is 3.20. The molecule has 1 atom stereocenters. The zero-order valence-electron chi connectivity index (χ0n) is 14.8. The Hall–Kier alpha value is -2.81. The number of amides is 1. The normalized spacial score (nSPS) is 16.2. The number of nitrogens with one attached hydrogen (secondary N) is 2. The number of halogens is 2. The number of rotatable bonds is 4. The van der Waals surface area contributed by atoms with Crippen molar-refractivity contribution >= 4 is 24.0 Å². The lowest BCUT2D eigenvalue weighted by Crippen LogP contribution is -2.33. The number of carbonyl (C=O) groups is 1. The average molecular weight is 404 g/mol. The summed E-state index contributed by atoms with van der Waals surface area (Å²) in [6.45, 7) is 2.33. The predicted molar refractivity (Wildman–Crippen MR) is 105 cm³/mol. The Morgan fingerprint density at radius 3 is 2.61 bits per heavy atom. The van der Waals surface area contributed by atoms with Gasteiger partial charge in [-0.1, -0.05) is 12.1 Å². The van der Waals surface area contributed by atoms with Crippen LogP contribution in [0.2, 0.25) is 0 Å². The first-order valence-electron chi connectivity index (χ1n) is 8.61. The standard InChI is InChI=1S/C19H18FN5O2.ClH/c20-14-3-7-16(8-4-14)25-22-11-17(24-25)19(26)23-15-5-1-13(2-6-15)18-12-21-9-10-27-18;/h1-8,11,18,21H,9-10,12H2,(H,23,26);1H/t18-;/m1./s1. The largest absolute Gasteiger partial charge is 0.371 e. The minimum atomic E-state index is -0.369. The number of hydrogen-bond donors (Lipinski definition) is 2. The van der Waals surface area contributed by atoms with Gasteiger partial charge in [0.1, 0.15) is 5.82 Å². The minimum Gasteiger partial charge on any atom is -0.371 e. The summed E-state index contributed by atoms with van der Waals surface area (Å²) in [5, 5.41) is 14.3. The van der Waals surface area contributed by atoms with Crippen LogP contribution in [0.25, 0.3) is 5.69 Å². The maximum Gasteiger partial charge on any atom is 0.277 e. The number of carbonyl (C=O) groups excluding carboxylic acids is 1. The van der Waals surface area contributed by atoms with Gasteiger partial charge in [0.05, 0.1) is 24.6 Å².